The van der Waals surface area contributed by atoms with Crippen molar-refractivity contribution in [3.8, 4) is 22.8 Å². The van der Waals surface area contributed by atoms with Gasteiger partial charge < -0.3 is 34.5 Å². The number of nitrogens with one attached hydrogen (secondary N) is 3. The number of ether oxygens (including phenoxy) is 4. The first-order chi connectivity index (χ1) is 31.2. The summed E-state index contributed by atoms with van der Waals surface area (Å²) in [4.78, 5) is 63.3. The molecule has 2 saturated carbocycles. The topological polar surface area (TPSA) is 192 Å². The molecule has 1 aliphatic heterocycles. The summed E-state index contributed by atoms with van der Waals surface area (Å²) in [6.45, 7) is 14.8. The van der Waals surface area contributed by atoms with Crippen LogP contribution in [0.25, 0.3) is 22.2 Å². The van der Waals surface area contributed by atoms with Gasteiger partial charge in [-0.05, 0) is 69.6 Å². The Morgan fingerprint density at radius 2 is 1.64 bits per heavy atom. The highest BCUT2D eigenvalue weighted by Gasteiger charge is 2.63. The standard InChI is InChI=1S/C50H61N5O10S/c1-9-34-29-50(34,45(58)54-66(60,61)49(22-23-49)24-25-63-31-32-16-12-10-13-17-32)53-43(56)40-27-36(30-55(40)44(57)42(47(2,3)4)52-46(59)65-48(5,6)7)64-41-28-38(33-18-14-11-15-19-33)51-39-26-35(62-8)20-21-37(39)41/h9-21,26,28,34,36,40,42H,1,22-25,27,29-31H2,2-8H3,(H,52,59)(H,53,56)(H,54,58). The minimum absolute atomic E-state index is 0.0115. The number of hydrogen-bond acceptors (Lipinski definition) is 11. The van der Waals surface area contributed by atoms with Gasteiger partial charge in [-0.1, -0.05) is 87.5 Å². The van der Waals surface area contributed by atoms with Crippen molar-refractivity contribution in [2.24, 2.45) is 11.3 Å². The molecule has 16 heteroatoms. The molecule has 1 saturated heterocycles. The Morgan fingerprint density at radius 3 is 2.24 bits per heavy atom. The monoisotopic (exact) mass is 923 g/mol. The van der Waals surface area contributed by atoms with Crippen molar-refractivity contribution in [3.05, 3.63) is 103 Å². The molecule has 0 radical (unpaired) electrons. The van der Waals surface area contributed by atoms with E-state index in [9.17, 15) is 27.6 Å². The van der Waals surface area contributed by atoms with Gasteiger partial charge in [-0.2, -0.15) is 0 Å². The molecule has 15 nitrogen and oxygen atoms in total. The molecule has 0 spiro atoms. The Labute approximate surface area is 387 Å². The lowest BCUT2D eigenvalue weighted by molar-refractivity contribution is -0.143. The Balaban J connectivity index is 1.15. The number of fused-ring (bicyclic) bond motifs is 1. The third-order valence-corrected chi connectivity index (χ3v) is 14.6. The van der Waals surface area contributed by atoms with Crippen LogP contribution >= 0.6 is 0 Å². The zero-order chi connectivity index (χ0) is 47.7. The number of sulfonamides is 1. The highest BCUT2D eigenvalue weighted by Crippen LogP contribution is 2.49. The lowest BCUT2D eigenvalue weighted by Gasteiger charge is -2.36. The van der Waals surface area contributed by atoms with Gasteiger partial charge >= 0.3 is 6.09 Å². The molecular weight excluding hydrogens is 863 g/mol. The largest absolute Gasteiger partial charge is 0.497 e. The van der Waals surface area contributed by atoms with E-state index in [0.29, 0.717) is 47.5 Å². The van der Waals surface area contributed by atoms with Crippen LogP contribution in [0.15, 0.2) is 97.6 Å². The van der Waals surface area contributed by atoms with Gasteiger partial charge in [0.15, 0.2) is 0 Å². The van der Waals surface area contributed by atoms with Gasteiger partial charge in [-0.25, -0.2) is 18.2 Å². The zero-order valence-corrected chi connectivity index (χ0v) is 39.5. The molecule has 66 heavy (non-hydrogen) atoms. The molecule has 5 atom stereocenters. The Kier molecular flexibility index (Phi) is 13.6. The number of aromatic nitrogens is 1. The van der Waals surface area contributed by atoms with Crippen LogP contribution < -0.4 is 24.8 Å². The van der Waals surface area contributed by atoms with Crippen LogP contribution in [0.5, 0.6) is 11.5 Å². The fraction of sp³-hybridized carbons (Fsp3) is 0.460. The highest BCUT2D eigenvalue weighted by atomic mass is 32.2. The second-order valence-corrected chi connectivity index (χ2v) is 21.7. The number of amides is 4. The van der Waals surface area contributed by atoms with Crippen molar-refractivity contribution in [3.63, 3.8) is 0 Å². The molecule has 2 aliphatic carbocycles. The number of carbonyl (C=O) groups excluding carboxylic acids is 4. The molecule has 4 amide bonds. The number of carbonyl (C=O) groups is 4. The molecule has 3 N–H and O–H groups in total. The Morgan fingerprint density at radius 1 is 0.955 bits per heavy atom. The van der Waals surface area contributed by atoms with E-state index < -0.39 is 79.2 Å². The quantitative estimate of drug-likeness (QED) is 0.0742. The van der Waals surface area contributed by atoms with Gasteiger partial charge in [-0.15, -0.1) is 6.58 Å². The fourth-order valence-electron chi connectivity index (χ4n) is 8.43. The summed E-state index contributed by atoms with van der Waals surface area (Å²) in [5.74, 6) is -1.69. The summed E-state index contributed by atoms with van der Waals surface area (Å²) < 4.78 is 52.5. The molecule has 7 rings (SSSR count). The first-order valence-corrected chi connectivity index (χ1v) is 23.8. The summed E-state index contributed by atoms with van der Waals surface area (Å²) in [6.07, 6.45) is 0.918. The minimum atomic E-state index is -4.20. The first-order valence-electron chi connectivity index (χ1n) is 22.3. The average molecular weight is 924 g/mol. The number of benzene rings is 3. The number of methoxy groups -OCH3 is 1. The van der Waals surface area contributed by atoms with Crippen molar-refractivity contribution in [1.29, 1.82) is 0 Å². The maximum atomic E-state index is 14.9. The van der Waals surface area contributed by atoms with E-state index in [2.05, 4.69) is 21.9 Å². The van der Waals surface area contributed by atoms with Gasteiger partial charge in [0.05, 0.1) is 36.2 Å². The second-order valence-electron chi connectivity index (χ2n) is 19.6. The summed E-state index contributed by atoms with van der Waals surface area (Å²) in [7, 11) is -2.64. The molecule has 4 aromatic rings. The fourth-order valence-corrected chi connectivity index (χ4v) is 10.1. The molecule has 3 aliphatic rings. The Bertz CT molecular complexity index is 2570. The van der Waals surface area contributed by atoms with Crippen LogP contribution in [-0.4, -0.2) is 96.5 Å². The average Bonchev–Trinajstić information content (AvgIpc) is 4.18. The summed E-state index contributed by atoms with van der Waals surface area (Å²) in [5, 5.41) is 6.28. The SMILES string of the molecule is C=CC1CC1(NC(=O)C1CC(Oc2cc(-c3ccccc3)nc3cc(OC)ccc23)CN1C(=O)C(NC(=O)OC(C)(C)C)C(C)(C)C)C(=O)NS(=O)(=O)C1(CCOCc2ccccc2)CC1. The van der Waals surface area contributed by atoms with E-state index in [1.807, 2.05) is 72.8 Å². The van der Waals surface area contributed by atoms with E-state index >= 15 is 0 Å². The maximum absolute atomic E-state index is 14.9. The predicted molar refractivity (Wildman–Crippen MR) is 250 cm³/mol. The van der Waals surface area contributed by atoms with E-state index in [4.69, 9.17) is 23.9 Å². The van der Waals surface area contributed by atoms with Gasteiger partial charge in [0.1, 0.15) is 40.8 Å². The number of hydrogen-bond donors (Lipinski definition) is 3. The highest BCUT2D eigenvalue weighted by molar-refractivity contribution is 7.91. The zero-order valence-electron chi connectivity index (χ0n) is 38.7. The second kappa shape index (κ2) is 18.7. The van der Waals surface area contributed by atoms with Crippen LogP contribution in [0.2, 0.25) is 0 Å². The van der Waals surface area contributed by atoms with Crippen molar-refractivity contribution in [1.82, 2.24) is 25.2 Å². The molecule has 3 fully saturated rings. The first kappa shape index (κ1) is 47.9. The number of rotatable bonds is 17. The number of alkyl carbamates (subject to hydrolysis) is 1. The van der Waals surface area contributed by atoms with Crippen molar-refractivity contribution >= 4 is 44.7 Å². The van der Waals surface area contributed by atoms with Crippen LogP contribution in [0.1, 0.15) is 79.2 Å². The van der Waals surface area contributed by atoms with E-state index in [-0.39, 0.29) is 32.4 Å². The summed E-state index contributed by atoms with van der Waals surface area (Å²) >= 11 is 0. The molecule has 0 bridgehead atoms. The molecule has 352 valence electrons. The third kappa shape index (κ3) is 10.7. The normalized spacial score (nSPS) is 21.6. The molecular formula is C50H61N5O10S. The minimum Gasteiger partial charge on any atom is -0.497 e. The van der Waals surface area contributed by atoms with Gasteiger partial charge in [0, 0.05) is 42.0 Å². The lowest BCUT2D eigenvalue weighted by Crippen LogP contribution is -2.60. The summed E-state index contributed by atoms with van der Waals surface area (Å²) in [5.41, 5.74) is -0.347. The predicted octanol–water partition coefficient (Wildman–Crippen LogP) is 6.84. The molecule has 5 unspecified atom stereocenters. The van der Waals surface area contributed by atoms with Crippen molar-refractivity contribution in [2.75, 3.05) is 20.3 Å². The van der Waals surface area contributed by atoms with Gasteiger partial charge in [0.2, 0.25) is 21.8 Å². The number of likely N-dealkylation sites (tertiary alicyclic amines) is 1. The maximum Gasteiger partial charge on any atom is 0.408 e. The van der Waals surface area contributed by atoms with E-state index in [1.54, 1.807) is 60.8 Å². The molecule has 3 aromatic carbocycles. The summed E-state index contributed by atoms with van der Waals surface area (Å²) in [6, 6.07) is 24.0. The van der Waals surface area contributed by atoms with Crippen LogP contribution in [0.3, 0.4) is 0 Å². The third-order valence-electron chi connectivity index (χ3n) is 12.4. The van der Waals surface area contributed by atoms with Crippen LogP contribution in [-0.2, 0) is 40.5 Å². The van der Waals surface area contributed by atoms with E-state index in [0.717, 1.165) is 11.1 Å². The van der Waals surface area contributed by atoms with Crippen molar-refractivity contribution in [2.45, 2.75) is 114 Å². The Hall–Kier alpha value is -6.00. The van der Waals surface area contributed by atoms with Crippen LogP contribution in [0, 0.1) is 11.3 Å². The van der Waals surface area contributed by atoms with Gasteiger partial charge in [-0.3, -0.25) is 19.1 Å². The van der Waals surface area contributed by atoms with Crippen LogP contribution in [0.4, 0.5) is 4.79 Å². The lowest BCUT2D eigenvalue weighted by atomic mass is 9.85. The number of pyridine rings is 1. The van der Waals surface area contributed by atoms with E-state index in [1.165, 1.54) is 11.0 Å². The molecule has 2 heterocycles. The van der Waals surface area contributed by atoms with Gasteiger partial charge in [0.25, 0.3) is 5.91 Å². The van der Waals surface area contributed by atoms with Crippen molar-refractivity contribution < 1.29 is 46.5 Å². The number of nitrogens with zero attached hydrogens (tertiary/aromatic N) is 2. The molecule has 1 aromatic heterocycles. The smallest absolute Gasteiger partial charge is 0.408 e.